The molecule has 0 saturated heterocycles. The Balaban J connectivity index is 1.11. The molecule has 0 atom stereocenters. The normalized spacial score (nSPS) is 11.9. The van der Waals surface area contributed by atoms with Gasteiger partial charge in [-0.15, -0.1) is 0 Å². The number of hydrogen-bond donors (Lipinski definition) is 0. The molecule has 0 spiro atoms. The first-order valence-corrected chi connectivity index (χ1v) is 19.2. The molecule has 0 aliphatic rings. The van der Waals surface area contributed by atoms with Gasteiger partial charge < -0.3 is 9.13 Å². The highest BCUT2D eigenvalue weighted by Crippen LogP contribution is 2.42. The van der Waals surface area contributed by atoms with Crippen molar-refractivity contribution in [2.75, 3.05) is 0 Å². The Morgan fingerprint density at radius 2 is 0.789 bits per heavy atom. The molecule has 0 radical (unpaired) electrons. The Morgan fingerprint density at radius 1 is 0.298 bits per heavy atom. The largest absolute Gasteiger partial charge is 0.309 e. The van der Waals surface area contributed by atoms with Gasteiger partial charge in [-0.25, -0.2) is 4.98 Å². The molecule has 57 heavy (non-hydrogen) atoms. The molecule has 6 heteroatoms. The summed E-state index contributed by atoms with van der Waals surface area (Å²) in [7, 11) is 0. The average molecular weight is 729 g/mol. The van der Waals surface area contributed by atoms with Crippen molar-refractivity contribution in [1.82, 2.24) is 28.7 Å². The predicted molar refractivity (Wildman–Crippen MR) is 234 cm³/mol. The SMILES string of the molecule is c1ccc(-c2nc(-c3cccc(-n4c5ccccc5c5c4ccc4c6ccccc6n(-c6ccccc6)c45)c3)nc(-n3c4ccccc4c4ccccc43)n2)cc1. The molecule has 6 nitrogen and oxygen atoms in total. The summed E-state index contributed by atoms with van der Waals surface area (Å²) >= 11 is 0. The van der Waals surface area contributed by atoms with Crippen LogP contribution in [0.4, 0.5) is 0 Å². The summed E-state index contributed by atoms with van der Waals surface area (Å²) in [6, 6.07) is 68.4. The fraction of sp³-hybridized carbons (Fsp3) is 0. The third-order valence-corrected chi connectivity index (χ3v) is 11.3. The number of fused-ring (bicyclic) bond motifs is 10. The van der Waals surface area contributed by atoms with E-state index in [1.165, 1.54) is 32.6 Å². The smallest absolute Gasteiger partial charge is 0.238 e. The van der Waals surface area contributed by atoms with E-state index < -0.39 is 0 Å². The van der Waals surface area contributed by atoms with Crippen LogP contribution in [0.2, 0.25) is 0 Å². The molecule has 0 aliphatic heterocycles. The Kier molecular flexibility index (Phi) is 6.83. The molecule has 12 aromatic rings. The average Bonchev–Trinajstić information content (AvgIpc) is 3.93. The van der Waals surface area contributed by atoms with Gasteiger partial charge in [0.1, 0.15) is 0 Å². The summed E-state index contributed by atoms with van der Waals surface area (Å²) in [6.07, 6.45) is 0. The minimum Gasteiger partial charge on any atom is -0.309 e. The zero-order valence-corrected chi connectivity index (χ0v) is 30.7. The van der Waals surface area contributed by atoms with Gasteiger partial charge in [-0.2, -0.15) is 9.97 Å². The minimum atomic E-state index is 0.578. The van der Waals surface area contributed by atoms with Crippen molar-refractivity contribution in [2.45, 2.75) is 0 Å². The minimum absolute atomic E-state index is 0.578. The van der Waals surface area contributed by atoms with Crippen LogP contribution in [0.1, 0.15) is 0 Å². The van der Waals surface area contributed by atoms with Gasteiger partial charge in [0, 0.05) is 54.8 Å². The molecule has 0 N–H and O–H groups in total. The van der Waals surface area contributed by atoms with Gasteiger partial charge in [0.05, 0.1) is 33.1 Å². The summed E-state index contributed by atoms with van der Waals surface area (Å²) < 4.78 is 6.97. The first-order chi connectivity index (χ1) is 28.3. The van der Waals surface area contributed by atoms with Gasteiger partial charge in [0.2, 0.25) is 5.95 Å². The van der Waals surface area contributed by atoms with Crippen molar-refractivity contribution in [3.05, 3.63) is 194 Å². The summed E-state index contributed by atoms with van der Waals surface area (Å²) in [5.74, 6) is 1.81. The third-order valence-electron chi connectivity index (χ3n) is 11.3. The van der Waals surface area contributed by atoms with E-state index in [1.54, 1.807) is 0 Å². The summed E-state index contributed by atoms with van der Waals surface area (Å²) in [6.45, 7) is 0. The van der Waals surface area contributed by atoms with Gasteiger partial charge in [-0.05, 0) is 54.6 Å². The number of aromatic nitrogens is 6. The number of nitrogens with zero attached hydrogens (tertiary/aromatic N) is 6. The Bertz CT molecular complexity index is 3470. The van der Waals surface area contributed by atoms with Crippen LogP contribution in [-0.4, -0.2) is 28.7 Å². The van der Waals surface area contributed by atoms with Crippen LogP contribution in [0.5, 0.6) is 0 Å². The van der Waals surface area contributed by atoms with Crippen LogP contribution < -0.4 is 0 Å². The van der Waals surface area contributed by atoms with E-state index in [-0.39, 0.29) is 0 Å². The molecular weight excluding hydrogens is 697 g/mol. The van der Waals surface area contributed by atoms with Crippen LogP contribution in [0.3, 0.4) is 0 Å². The monoisotopic (exact) mass is 728 g/mol. The van der Waals surface area contributed by atoms with Crippen molar-refractivity contribution < 1.29 is 0 Å². The van der Waals surface area contributed by atoms with Crippen LogP contribution in [0.15, 0.2) is 194 Å². The van der Waals surface area contributed by atoms with Gasteiger partial charge in [0.15, 0.2) is 11.6 Å². The molecule has 12 rings (SSSR count). The maximum Gasteiger partial charge on any atom is 0.238 e. The Morgan fingerprint density at radius 3 is 1.46 bits per heavy atom. The lowest BCUT2D eigenvalue weighted by atomic mass is 10.1. The van der Waals surface area contributed by atoms with Gasteiger partial charge >= 0.3 is 0 Å². The lowest BCUT2D eigenvalue weighted by Crippen LogP contribution is -2.06. The van der Waals surface area contributed by atoms with E-state index in [2.05, 4.69) is 190 Å². The van der Waals surface area contributed by atoms with Gasteiger partial charge in [0.25, 0.3) is 0 Å². The van der Waals surface area contributed by atoms with Crippen LogP contribution in [0.25, 0.3) is 106 Å². The second-order valence-electron chi connectivity index (χ2n) is 14.5. The van der Waals surface area contributed by atoms with E-state index >= 15 is 0 Å². The first-order valence-electron chi connectivity index (χ1n) is 19.2. The van der Waals surface area contributed by atoms with E-state index in [1.807, 2.05) is 18.2 Å². The standard InChI is InChI=1S/C51H32N6/c1-3-16-33(17-4-1)49-52-50(54-51(53-49)57-43-27-12-7-22-37(43)38-23-8-13-28-44(38)57)34-18-15-21-36(32-34)55-45-29-14-10-25-41(45)47-46(55)31-30-40-39-24-9-11-26-42(39)56(48(40)47)35-19-5-2-6-20-35/h1-32H. The quantitative estimate of drug-likeness (QED) is 0.177. The van der Waals surface area contributed by atoms with Crippen molar-refractivity contribution in [1.29, 1.82) is 0 Å². The molecule has 0 unspecified atom stereocenters. The van der Waals surface area contributed by atoms with E-state index in [4.69, 9.17) is 15.0 Å². The van der Waals surface area contributed by atoms with Crippen molar-refractivity contribution >= 4 is 65.4 Å². The van der Waals surface area contributed by atoms with Crippen LogP contribution in [-0.2, 0) is 0 Å². The van der Waals surface area contributed by atoms with E-state index in [9.17, 15) is 0 Å². The molecular formula is C51H32N6. The summed E-state index contributed by atoms with van der Waals surface area (Å²) in [5, 5.41) is 7.20. The van der Waals surface area contributed by atoms with E-state index in [0.29, 0.717) is 17.6 Å². The zero-order valence-electron chi connectivity index (χ0n) is 30.7. The maximum absolute atomic E-state index is 5.26. The fourth-order valence-electron chi connectivity index (χ4n) is 8.86. The molecule has 0 bridgehead atoms. The highest BCUT2D eigenvalue weighted by molar-refractivity contribution is 6.26. The van der Waals surface area contributed by atoms with Crippen molar-refractivity contribution in [2.24, 2.45) is 0 Å². The fourth-order valence-corrected chi connectivity index (χ4v) is 8.86. The summed E-state index contributed by atoms with van der Waals surface area (Å²) in [5.41, 5.74) is 10.7. The molecule has 0 aliphatic carbocycles. The third kappa shape index (κ3) is 4.74. The highest BCUT2D eigenvalue weighted by Gasteiger charge is 2.22. The van der Waals surface area contributed by atoms with E-state index in [0.717, 1.165) is 55.3 Å². The Hall–Kier alpha value is -7.83. The molecule has 0 amide bonds. The lowest BCUT2D eigenvalue weighted by molar-refractivity contribution is 0.953. The maximum atomic E-state index is 5.26. The zero-order chi connectivity index (χ0) is 37.5. The molecule has 266 valence electrons. The molecule has 8 aromatic carbocycles. The first kappa shape index (κ1) is 31.5. The van der Waals surface area contributed by atoms with Crippen molar-refractivity contribution in [3.63, 3.8) is 0 Å². The van der Waals surface area contributed by atoms with Gasteiger partial charge in [-0.1, -0.05) is 140 Å². The van der Waals surface area contributed by atoms with Crippen LogP contribution >= 0.6 is 0 Å². The number of benzene rings is 8. The van der Waals surface area contributed by atoms with Crippen LogP contribution in [0, 0.1) is 0 Å². The summed E-state index contributed by atoms with van der Waals surface area (Å²) in [4.78, 5) is 15.6. The second-order valence-corrected chi connectivity index (χ2v) is 14.5. The number of para-hydroxylation sites is 5. The molecule has 0 fully saturated rings. The molecule has 4 aromatic heterocycles. The predicted octanol–water partition coefficient (Wildman–Crippen LogP) is 12.5. The second kappa shape index (κ2) is 12.3. The Labute approximate surface area is 327 Å². The topological polar surface area (TPSA) is 53.5 Å². The molecule has 4 heterocycles. The number of hydrogen-bond acceptors (Lipinski definition) is 3. The van der Waals surface area contributed by atoms with Gasteiger partial charge in [-0.3, -0.25) is 4.57 Å². The highest BCUT2D eigenvalue weighted by atomic mass is 15.2. The number of rotatable bonds is 5. The molecule has 0 saturated carbocycles. The van der Waals surface area contributed by atoms with Crippen molar-refractivity contribution in [3.8, 4) is 40.1 Å². The lowest BCUT2D eigenvalue weighted by Gasteiger charge is -2.13.